The molecule has 0 saturated carbocycles. The summed E-state index contributed by atoms with van der Waals surface area (Å²) in [5.41, 5.74) is 1.74. The number of benzene rings is 1. The summed E-state index contributed by atoms with van der Waals surface area (Å²) in [5, 5.41) is 19.5. The van der Waals surface area contributed by atoms with Crippen LogP contribution in [-0.4, -0.2) is 10.2 Å². The summed E-state index contributed by atoms with van der Waals surface area (Å²) in [7, 11) is 0. The number of phenols is 2. The molecule has 0 bridgehead atoms. The Morgan fingerprint density at radius 3 is 2.07 bits per heavy atom. The molecular formula is C13H20O2. The fourth-order valence-electron chi connectivity index (χ4n) is 1.76. The van der Waals surface area contributed by atoms with E-state index in [2.05, 4.69) is 13.8 Å². The van der Waals surface area contributed by atoms with Gasteiger partial charge in [0.2, 0.25) is 0 Å². The average Bonchev–Trinajstić information content (AvgIpc) is 2.21. The third kappa shape index (κ3) is 3.15. The standard InChI is InChI=1S/C13H20O2/c1-3-5-7-11-9-12(14)8-10(6-4-2)13(11)15/h8-9,14-15H,3-7H2,1-2H3. The summed E-state index contributed by atoms with van der Waals surface area (Å²) in [6, 6.07) is 3.33. The van der Waals surface area contributed by atoms with E-state index in [1.54, 1.807) is 12.1 Å². The van der Waals surface area contributed by atoms with Gasteiger partial charge in [-0.3, -0.25) is 0 Å². The van der Waals surface area contributed by atoms with Crippen molar-refractivity contribution in [3.05, 3.63) is 23.3 Å². The fourth-order valence-corrected chi connectivity index (χ4v) is 1.76. The lowest BCUT2D eigenvalue weighted by Crippen LogP contribution is -1.92. The minimum Gasteiger partial charge on any atom is -0.508 e. The highest BCUT2D eigenvalue weighted by molar-refractivity contribution is 5.46. The molecule has 2 heteroatoms. The fraction of sp³-hybridized carbons (Fsp3) is 0.538. The minimum absolute atomic E-state index is 0.266. The summed E-state index contributed by atoms with van der Waals surface area (Å²) in [6.07, 6.45) is 4.78. The molecule has 1 rings (SSSR count). The highest BCUT2D eigenvalue weighted by atomic mass is 16.3. The van der Waals surface area contributed by atoms with Crippen LogP contribution in [0, 0.1) is 0 Å². The summed E-state index contributed by atoms with van der Waals surface area (Å²) >= 11 is 0. The molecule has 0 saturated heterocycles. The Balaban J connectivity index is 2.93. The van der Waals surface area contributed by atoms with Crippen LogP contribution in [0.25, 0.3) is 0 Å². The smallest absolute Gasteiger partial charge is 0.122 e. The van der Waals surface area contributed by atoms with E-state index in [9.17, 15) is 10.2 Å². The molecule has 0 aliphatic carbocycles. The van der Waals surface area contributed by atoms with Crippen molar-refractivity contribution in [1.29, 1.82) is 0 Å². The van der Waals surface area contributed by atoms with Gasteiger partial charge in [-0.2, -0.15) is 0 Å². The second-order valence-corrected chi connectivity index (χ2v) is 3.97. The van der Waals surface area contributed by atoms with Gasteiger partial charge in [0.15, 0.2) is 0 Å². The van der Waals surface area contributed by atoms with Gasteiger partial charge < -0.3 is 10.2 Å². The Morgan fingerprint density at radius 1 is 0.933 bits per heavy atom. The summed E-state index contributed by atoms with van der Waals surface area (Å²) < 4.78 is 0. The molecule has 0 unspecified atom stereocenters. The van der Waals surface area contributed by atoms with Gasteiger partial charge in [-0.15, -0.1) is 0 Å². The molecule has 1 aromatic rings. The Labute approximate surface area is 91.6 Å². The largest absolute Gasteiger partial charge is 0.508 e. The van der Waals surface area contributed by atoms with Gasteiger partial charge in [0.25, 0.3) is 0 Å². The predicted octanol–water partition coefficient (Wildman–Crippen LogP) is 3.39. The van der Waals surface area contributed by atoms with Crippen molar-refractivity contribution < 1.29 is 10.2 Å². The molecular weight excluding hydrogens is 188 g/mol. The molecule has 15 heavy (non-hydrogen) atoms. The van der Waals surface area contributed by atoms with Crippen LogP contribution in [0.15, 0.2) is 12.1 Å². The first kappa shape index (κ1) is 11.9. The molecule has 0 heterocycles. The molecule has 84 valence electrons. The van der Waals surface area contributed by atoms with Crippen molar-refractivity contribution in [2.75, 3.05) is 0 Å². The lowest BCUT2D eigenvalue weighted by atomic mass is 10.0. The van der Waals surface area contributed by atoms with E-state index in [4.69, 9.17) is 0 Å². The molecule has 1 aromatic carbocycles. The molecule has 0 aliphatic heterocycles. The molecule has 0 aromatic heterocycles. The van der Waals surface area contributed by atoms with Gasteiger partial charge in [-0.05, 0) is 42.5 Å². The Morgan fingerprint density at radius 2 is 1.53 bits per heavy atom. The Hall–Kier alpha value is -1.18. The maximum absolute atomic E-state index is 9.96. The minimum atomic E-state index is 0.266. The number of aryl methyl sites for hydroxylation is 2. The van der Waals surface area contributed by atoms with E-state index >= 15 is 0 Å². The van der Waals surface area contributed by atoms with Gasteiger partial charge in [-0.1, -0.05) is 26.7 Å². The van der Waals surface area contributed by atoms with Gasteiger partial charge in [0.1, 0.15) is 11.5 Å². The Kier molecular flexibility index (Phi) is 4.47. The van der Waals surface area contributed by atoms with E-state index in [1.165, 1.54) is 0 Å². The van der Waals surface area contributed by atoms with Gasteiger partial charge in [0.05, 0.1) is 0 Å². The third-order valence-electron chi connectivity index (χ3n) is 2.57. The molecule has 0 spiro atoms. The lowest BCUT2D eigenvalue weighted by Gasteiger charge is -2.10. The zero-order valence-corrected chi connectivity index (χ0v) is 9.58. The van der Waals surface area contributed by atoms with Crippen LogP contribution in [0.4, 0.5) is 0 Å². The van der Waals surface area contributed by atoms with Crippen molar-refractivity contribution in [1.82, 2.24) is 0 Å². The quantitative estimate of drug-likeness (QED) is 0.728. The first-order valence-corrected chi connectivity index (χ1v) is 5.72. The van der Waals surface area contributed by atoms with E-state index in [1.807, 2.05) is 0 Å². The van der Waals surface area contributed by atoms with Gasteiger partial charge in [0, 0.05) is 0 Å². The zero-order valence-electron chi connectivity index (χ0n) is 9.58. The maximum atomic E-state index is 9.96. The monoisotopic (exact) mass is 208 g/mol. The van der Waals surface area contributed by atoms with Gasteiger partial charge >= 0.3 is 0 Å². The van der Waals surface area contributed by atoms with Crippen LogP contribution in [0.3, 0.4) is 0 Å². The first-order chi connectivity index (χ1) is 7.19. The highest BCUT2D eigenvalue weighted by Crippen LogP contribution is 2.29. The number of phenolic OH excluding ortho intramolecular Hbond substituents is 2. The third-order valence-corrected chi connectivity index (χ3v) is 2.57. The van der Waals surface area contributed by atoms with Crippen LogP contribution < -0.4 is 0 Å². The molecule has 2 nitrogen and oxygen atoms in total. The van der Waals surface area contributed by atoms with Crippen LogP contribution in [0.1, 0.15) is 44.2 Å². The van der Waals surface area contributed by atoms with Gasteiger partial charge in [-0.25, -0.2) is 0 Å². The predicted molar refractivity (Wildman–Crippen MR) is 62.4 cm³/mol. The first-order valence-electron chi connectivity index (χ1n) is 5.72. The molecule has 0 fully saturated rings. The SMILES string of the molecule is CCCCc1cc(O)cc(CCC)c1O. The number of rotatable bonds is 5. The normalized spacial score (nSPS) is 10.5. The van der Waals surface area contributed by atoms with E-state index in [0.717, 1.165) is 43.2 Å². The second-order valence-electron chi connectivity index (χ2n) is 3.97. The number of unbranched alkanes of at least 4 members (excludes halogenated alkanes) is 1. The molecule has 2 N–H and O–H groups in total. The second kappa shape index (κ2) is 5.64. The molecule has 0 aliphatic rings. The topological polar surface area (TPSA) is 40.5 Å². The summed E-state index contributed by atoms with van der Waals surface area (Å²) in [5.74, 6) is 0.644. The highest BCUT2D eigenvalue weighted by Gasteiger charge is 2.08. The molecule has 0 atom stereocenters. The van der Waals surface area contributed by atoms with Crippen LogP contribution in [0.5, 0.6) is 11.5 Å². The number of hydrogen-bond donors (Lipinski definition) is 2. The van der Waals surface area contributed by atoms with E-state index < -0.39 is 0 Å². The summed E-state index contributed by atoms with van der Waals surface area (Å²) in [6.45, 7) is 4.18. The zero-order chi connectivity index (χ0) is 11.3. The van der Waals surface area contributed by atoms with Crippen molar-refractivity contribution in [2.24, 2.45) is 0 Å². The van der Waals surface area contributed by atoms with Crippen molar-refractivity contribution in [2.45, 2.75) is 46.0 Å². The average molecular weight is 208 g/mol. The Bertz CT molecular complexity index is 319. The molecule has 0 radical (unpaired) electrons. The van der Waals surface area contributed by atoms with E-state index in [0.29, 0.717) is 5.75 Å². The summed E-state index contributed by atoms with van der Waals surface area (Å²) in [4.78, 5) is 0. The number of hydrogen-bond acceptors (Lipinski definition) is 2. The van der Waals surface area contributed by atoms with Crippen molar-refractivity contribution in [3.8, 4) is 11.5 Å². The maximum Gasteiger partial charge on any atom is 0.122 e. The number of aromatic hydroxyl groups is 2. The van der Waals surface area contributed by atoms with Crippen LogP contribution >= 0.6 is 0 Å². The molecule has 0 amide bonds. The van der Waals surface area contributed by atoms with Crippen LogP contribution in [-0.2, 0) is 12.8 Å². The van der Waals surface area contributed by atoms with Crippen LogP contribution in [0.2, 0.25) is 0 Å². The van der Waals surface area contributed by atoms with E-state index in [-0.39, 0.29) is 5.75 Å². The van der Waals surface area contributed by atoms with Crippen molar-refractivity contribution >= 4 is 0 Å². The lowest BCUT2D eigenvalue weighted by molar-refractivity contribution is 0.446. The van der Waals surface area contributed by atoms with Crippen molar-refractivity contribution in [3.63, 3.8) is 0 Å².